The molecule has 2 aromatic rings. The molecule has 1 aromatic heterocycles. The van der Waals surface area contributed by atoms with Gasteiger partial charge in [0.15, 0.2) is 6.10 Å². The maximum absolute atomic E-state index is 12.6. The molecule has 0 saturated heterocycles. The second-order valence-corrected chi connectivity index (χ2v) is 7.28. The summed E-state index contributed by atoms with van der Waals surface area (Å²) in [5, 5.41) is 6.10. The number of hydrogen-bond acceptors (Lipinski definition) is 5. The van der Waals surface area contributed by atoms with E-state index in [4.69, 9.17) is 9.15 Å². The summed E-state index contributed by atoms with van der Waals surface area (Å²) in [7, 11) is 0. The lowest BCUT2D eigenvalue weighted by molar-refractivity contribution is -0.129. The van der Waals surface area contributed by atoms with Gasteiger partial charge in [-0.25, -0.2) is 4.79 Å². The number of anilines is 1. The van der Waals surface area contributed by atoms with Crippen molar-refractivity contribution in [3.8, 4) is 0 Å². The summed E-state index contributed by atoms with van der Waals surface area (Å²) >= 11 is 0. The van der Waals surface area contributed by atoms with Crippen LogP contribution in [-0.2, 0) is 16.1 Å². The summed E-state index contributed by atoms with van der Waals surface area (Å²) in [5.41, 5.74) is 1.03. The number of para-hydroxylation sites is 1. The Bertz CT molecular complexity index is 767. The number of rotatable bonds is 8. The van der Waals surface area contributed by atoms with E-state index in [1.165, 1.54) is 19.3 Å². The average Bonchev–Trinajstić information content (AvgIpc) is 3.25. The van der Waals surface area contributed by atoms with Gasteiger partial charge < -0.3 is 19.8 Å². The van der Waals surface area contributed by atoms with Gasteiger partial charge in [0.05, 0.1) is 18.4 Å². The fourth-order valence-corrected chi connectivity index (χ4v) is 3.47. The highest BCUT2D eigenvalue weighted by Crippen LogP contribution is 2.23. The van der Waals surface area contributed by atoms with Crippen LogP contribution in [0.25, 0.3) is 0 Å². The number of amides is 1. The maximum Gasteiger partial charge on any atom is 0.341 e. The zero-order chi connectivity index (χ0) is 19.8. The largest absolute Gasteiger partial charge is 0.467 e. The van der Waals surface area contributed by atoms with Crippen molar-refractivity contribution in [3.05, 3.63) is 54.0 Å². The maximum atomic E-state index is 12.6. The van der Waals surface area contributed by atoms with Crippen LogP contribution >= 0.6 is 0 Å². The predicted molar refractivity (Wildman–Crippen MR) is 107 cm³/mol. The van der Waals surface area contributed by atoms with E-state index < -0.39 is 12.1 Å². The van der Waals surface area contributed by atoms with E-state index in [1.54, 1.807) is 31.4 Å². The Kier molecular flexibility index (Phi) is 7.12. The predicted octanol–water partition coefficient (Wildman–Crippen LogP) is 4.13. The lowest BCUT2D eigenvalue weighted by atomic mass is 9.89. The summed E-state index contributed by atoms with van der Waals surface area (Å²) < 4.78 is 10.7. The molecule has 0 spiro atoms. The first kappa shape index (κ1) is 20.0. The molecule has 0 unspecified atom stereocenters. The molecule has 150 valence electrons. The van der Waals surface area contributed by atoms with Gasteiger partial charge in [0.1, 0.15) is 5.76 Å². The molecule has 2 N–H and O–H groups in total. The SMILES string of the molecule is C[C@@H](OC(=O)c1ccccc1NCc1ccco1)C(=O)NCC1CCCCC1. The second kappa shape index (κ2) is 9.97. The Morgan fingerprint density at radius 1 is 1.14 bits per heavy atom. The lowest BCUT2D eigenvalue weighted by Gasteiger charge is -2.22. The highest BCUT2D eigenvalue weighted by atomic mass is 16.5. The standard InChI is InChI=1S/C22H28N2O4/c1-16(21(25)24-14-17-8-3-2-4-9-17)28-22(26)19-11-5-6-12-20(19)23-15-18-10-7-13-27-18/h5-7,10-13,16-17,23H,2-4,8-9,14-15H2,1H3,(H,24,25)/t16-/m1/s1. The molecule has 1 aliphatic carbocycles. The third-order valence-corrected chi connectivity index (χ3v) is 5.12. The summed E-state index contributed by atoms with van der Waals surface area (Å²) in [6.45, 7) is 2.71. The molecule has 1 atom stereocenters. The van der Waals surface area contributed by atoms with E-state index in [-0.39, 0.29) is 5.91 Å². The molecule has 3 rings (SSSR count). The van der Waals surface area contributed by atoms with E-state index in [2.05, 4.69) is 10.6 Å². The van der Waals surface area contributed by atoms with Crippen molar-refractivity contribution in [1.82, 2.24) is 5.32 Å². The smallest absolute Gasteiger partial charge is 0.341 e. The number of nitrogens with one attached hydrogen (secondary N) is 2. The first-order valence-electron chi connectivity index (χ1n) is 9.97. The minimum atomic E-state index is -0.839. The molecule has 28 heavy (non-hydrogen) atoms. The summed E-state index contributed by atoms with van der Waals surface area (Å²) in [6.07, 6.45) is 6.82. The normalized spacial score (nSPS) is 15.6. The number of carbonyl (C=O) groups is 2. The minimum Gasteiger partial charge on any atom is -0.467 e. The van der Waals surface area contributed by atoms with Crippen LogP contribution in [0.15, 0.2) is 47.1 Å². The van der Waals surface area contributed by atoms with Crippen LogP contribution in [0.1, 0.15) is 55.1 Å². The fourth-order valence-electron chi connectivity index (χ4n) is 3.47. The molecule has 1 saturated carbocycles. The van der Waals surface area contributed by atoms with Crippen LogP contribution in [0.2, 0.25) is 0 Å². The molecular weight excluding hydrogens is 356 g/mol. The molecule has 1 aromatic carbocycles. The van der Waals surface area contributed by atoms with Gasteiger partial charge in [0, 0.05) is 12.2 Å². The van der Waals surface area contributed by atoms with E-state index in [9.17, 15) is 9.59 Å². The fraction of sp³-hybridized carbons (Fsp3) is 0.455. The van der Waals surface area contributed by atoms with Gasteiger partial charge in [-0.2, -0.15) is 0 Å². The first-order chi connectivity index (χ1) is 13.6. The van der Waals surface area contributed by atoms with Gasteiger partial charge in [-0.1, -0.05) is 31.4 Å². The van der Waals surface area contributed by atoms with Crippen molar-refractivity contribution in [2.75, 3.05) is 11.9 Å². The van der Waals surface area contributed by atoms with Crippen molar-refractivity contribution < 1.29 is 18.7 Å². The second-order valence-electron chi connectivity index (χ2n) is 7.28. The van der Waals surface area contributed by atoms with Crippen LogP contribution < -0.4 is 10.6 Å². The molecule has 1 heterocycles. The van der Waals surface area contributed by atoms with Crippen LogP contribution in [0.5, 0.6) is 0 Å². The van der Waals surface area contributed by atoms with Crippen molar-refractivity contribution in [2.24, 2.45) is 5.92 Å². The molecule has 1 amide bonds. The van der Waals surface area contributed by atoms with Crippen LogP contribution in [0.3, 0.4) is 0 Å². The van der Waals surface area contributed by atoms with Crippen LogP contribution in [0, 0.1) is 5.92 Å². The van der Waals surface area contributed by atoms with Gasteiger partial charge in [-0.3, -0.25) is 4.79 Å². The zero-order valence-electron chi connectivity index (χ0n) is 16.3. The number of benzene rings is 1. The molecule has 0 radical (unpaired) electrons. The van der Waals surface area contributed by atoms with Crippen LogP contribution in [0.4, 0.5) is 5.69 Å². The monoisotopic (exact) mass is 384 g/mol. The topological polar surface area (TPSA) is 80.6 Å². The quantitative estimate of drug-likeness (QED) is 0.669. The van der Waals surface area contributed by atoms with Crippen LogP contribution in [-0.4, -0.2) is 24.5 Å². The van der Waals surface area contributed by atoms with E-state index >= 15 is 0 Å². The number of furan rings is 1. The zero-order valence-corrected chi connectivity index (χ0v) is 16.3. The summed E-state index contributed by atoms with van der Waals surface area (Å²) in [5.74, 6) is 0.522. The highest BCUT2D eigenvalue weighted by molar-refractivity contribution is 5.97. The van der Waals surface area contributed by atoms with Crippen molar-refractivity contribution in [2.45, 2.75) is 51.7 Å². The van der Waals surface area contributed by atoms with Gasteiger partial charge >= 0.3 is 5.97 Å². The van der Waals surface area contributed by atoms with Crippen molar-refractivity contribution in [1.29, 1.82) is 0 Å². The minimum absolute atomic E-state index is 0.250. The molecule has 6 heteroatoms. The average molecular weight is 384 g/mol. The van der Waals surface area contributed by atoms with Crippen molar-refractivity contribution >= 4 is 17.6 Å². The number of hydrogen-bond donors (Lipinski definition) is 2. The lowest BCUT2D eigenvalue weighted by Crippen LogP contribution is -2.38. The Morgan fingerprint density at radius 2 is 1.93 bits per heavy atom. The molecule has 6 nitrogen and oxygen atoms in total. The molecule has 0 aliphatic heterocycles. The van der Waals surface area contributed by atoms with Crippen molar-refractivity contribution in [3.63, 3.8) is 0 Å². The Morgan fingerprint density at radius 3 is 2.68 bits per heavy atom. The Hall–Kier alpha value is -2.76. The number of ether oxygens (including phenoxy) is 1. The summed E-state index contributed by atoms with van der Waals surface area (Å²) in [4.78, 5) is 24.9. The first-order valence-corrected chi connectivity index (χ1v) is 9.97. The van der Waals surface area contributed by atoms with Gasteiger partial charge in [0.25, 0.3) is 5.91 Å². The Balaban J connectivity index is 1.52. The van der Waals surface area contributed by atoms with Gasteiger partial charge in [-0.15, -0.1) is 0 Å². The van der Waals surface area contributed by atoms with Gasteiger partial charge in [0.2, 0.25) is 0 Å². The third-order valence-electron chi connectivity index (χ3n) is 5.12. The molecule has 1 fully saturated rings. The number of carbonyl (C=O) groups excluding carboxylic acids is 2. The molecular formula is C22H28N2O4. The molecule has 1 aliphatic rings. The van der Waals surface area contributed by atoms with E-state index in [0.29, 0.717) is 30.3 Å². The van der Waals surface area contributed by atoms with E-state index in [1.807, 2.05) is 18.2 Å². The number of esters is 1. The Labute approximate surface area is 165 Å². The highest BCUT2D eigenvalue weighted by Gasteiger charge is 2.22. The van der Waals surface area contributed by atoms with Gasteiger partial charge in [-0.05, 0) is 49.9 Å². The molecule has 0 bridgehead atoms. The third kappa shape index (κ3) is 5.62. The summed E-state index contributed by atoms with van der Waals surface area (Å²) in [6, 6.07) is 10.7. The van der Waals surface area contributed by atoms with E-state index in [0.717, 1.165) is 18.6 Å².